The average Bonchev–Trinajstić information content (AvgIpc) is 1.93. The van der Waals surface area contributed by atoms with Crippen LogP contribution < -0.4 is 4.73 Å². The summed E-state index contributed by atoms with van der Waals surface area (Å²) in [7, 11) is 0. The smallest absolute Gasteiger partial charge is 0.234 e. The molecule has 0 unspecified atom stereocenters. The molecule has 0 fully saturated rings. The molecule has 0 atom stereocenters. The molecular formula is C8H12NO+. The van der Waals surface area contributed by atoms with Crippen LogP contribution in [0.4, 0.5) is 0 Å². The topological polar surface area (TPSA) is 24.1 Å². The van der Waals surface area contributed by atoms with Crippen molar-refractivity contribution in [1.29, 1.82) is 0 Å². The maximum Gasteiger partial charge on any atom is 0.234 e. The van der Waals surface area contributed by atoms with Gasteiger partial charge < -0.3 is 0 Å². The Labute approximate surface area is 60.7 Å². The van der Waals surface area contributed by atoms with Crippen molar-refractivity contribution in [1.82, 2.24) is 0 Å². The zero-order valence-corrected chi connectivity index (χ0v) is 6.55. The number of rotatable bonds is 0. The molecule has 0 saturated heterocycles. The molecule has 2 nitrogen and oxygen atoms in total. The Bertz CT molecular complexity index is 229. The van der Waals surface area contributed by atoms with Gasteiger partial charge in [0.05, 0.1) is 0 Å². The highest BCUT2D eigenvalue weighted by Gasteiger charge is 2.08. The van der Waals surface area contributed by atoms with Gasteiger partial charge in [-0.05, 0) is 19.4 Å². The minimum atomic E-state index is 0.903. The van der Waals surface area contributed by atoms with Crippen molar-refractivity contribution >= 4 is 0 Å². The summed E-state index contributed by atoms with van der Waals surface area (Å²) < 4.78 is 1.14. The molecule has 0 aliphatic carbocycles. The Morgan fingerprint density at radius 1 is 1.30 bits per heavy atom. The van der Waals surface area contributed by atoms with Crippen molar-refractivity contribution in [3.63, 3.8) is 0 Å². The van der Waals surface area contributed by atoms with E-state index in [4.69, 9.17) is 5.21 Å². The first-order chi connectivity index (χ1) is 4.63. The lowest BCUT2D eigenvalue weighted by molar-refractivity contribution is -0.909. The lowest BCUT2D eigenvalue weighted by atomic mass is 10.1. The summed E-state index contributed by atoms with van der Waals surface area (Å²) in [6.45, 7) is 5.92. The summed E-state index contributed by atoms with van der Waals surface area (Å²) >= 11 is 0. The molecule has 0 aromatic carbocycles. The third-order valence-electron chi connectivity index (χ3n) is 1.94. The summed E-state index contributed by atoms with van der Waals surface area (Å²) in [5, 5.41) is 9.14. The van der Waals surface area contributed by atoms with Crippen LogP contribution in [0.5, 0.6) is 0 Å². The molecular weight excluding hydrogens is 126 g/mol. The summed E-state index contributed by atoms with van der Waals surface area (Å²) in [6.07, 6.45) is 1.65. The van der Waals surface area contributed by atoms with Crippen molar-refractivity contribution in [2.45, 2.75) is 20.8 Å². The van der Waals surface area contributed by atoms with Crippen molar-refractivity contribution in [3.8, 4) is 0 Å². The highest BCUT2D eigenvalue weighted by atomic mass is 16.5. The maximum absolute atomic E-state index is 9.14. The second kappa shape index (κ2) is 2.29. The van der Waals surface area contributed by atoms with Crippen LogP contribution in [0.3, 0.4) is 0 Å². The Hall–Kier alpha value is -1.05. The number of hydrogen-bond donors (Lipinski definition) is 1. The van der Waals surface area contributed by atoms with E-state index in [9.17, 15) is 0 Å². The van der Waals surface area contributed by atoms with Gasteiger partial charge in [0.25, 0.3) is 0 Å². The summed E-state index contributed by atoms with van der Waals surface area (Å²) in [6, 6.07) is 1.89. The van der Waals surface area contributed by atoms with Crippen LogP contribution in [-0.4, -0.2) is 5.21 Å². The van der Waals surface area contributed by atoms with Gasteiger partial charge in [0.2, 0.25) is 11.9 Å². The lowest BCUT2D eigenvalue weighted by Crippen LogP contribution is -2.34. The molecule has 1 aromatic heterocycles. The van der Waals surface area contributed by atoms with Crippen LogP contribution in [0.2, 0.25) is 0 Å². The minimum Gasteiger partial charge on any atom is -0.285 e. The Balaban J connectivity index is 3.34. The largest absolute Gasteiger partial charge is 0.285 e. The SMILES string of the molecule is Cc1cc[n+](O)c(C)c1C. The fourth-order valence-electron chi connectivity index (χ4n) is 0.876. The van der Waals surface area contributed by atoms with Crippen molar-refractivity contribution < 1.29 is 9.94 Å². The third kappa shape index (κ3) is 0.967. The summed E-state index contributed by atoms with van der Waals surface area (Å²) in [5.41, 5.74) is 3.26. The van der Waals surface area contributed by atoms with Gasteiger partial charge in [0, 0.05) is 23.3 Å². The minimum absolute atomic E-state index is 0.903. The molecule has 10 heavy (non-hydrogen) atoms. The fraction of sp³-hybridized carbons (Fsp3) is 0.375. The molecule has 1 rings (SSSR count). The van der Waals surface area contributed by atoms with E-state index >= 15 is 0 Å². The van der Waals surface area contributed by atoms with Crippen LogP contribution in [0.15, 0.2) is 12.3 Å². The second-order valence-electron chi connectivity index (χ2n) is 2.55. The zero-order chi connectivity index (χ0) is 7.72. The fourth-order valence-corrected chi connectivity index (χ4v) is 0.876. The van der Waals surface area contributed by atoms with E-state index in [1.807, 2.05) is 26.8 Å². The Kier molecular flexibility index (Phi) is 1.62. The monoisotopic (exact) mass is 138 g/mol. The second-order valence-corrected chi connectivity index (χ2v) is 2.55. The normalized spacial score (nSPS) is 9.90. The molecule has 0 aliphatic rings. The van der Waals surface area contributed by atoms with Crippen LogP contribution in [0, 0.1) is 20.8 Å². The molecule has 0 bridgehead atoms. The standard InChI is InChI=1S/C8H12NO/c1-6-4-5-9(10)8(3)7(6)2/h4-5,10H,1-3H3/q+1. The van der Waals surface area contributed by atoms with Gasteiger partial charge in [-0.3, -0.25) is 5.21 Å². The summed E-state index contributed by atoms with van der Waals surface area (Å²) in [4.78, 5) is 0. The van der Waals surface area contributed by atoms with E-state index in [0.29, 0.717) is 0 Å². The first-order valence-electron chi connectivity index (χ1n) is 3.30. The van der Waals surface area contributed by atoms with Crippen LogP contribution in [0.1, 0.15) is 16.8 Å². The molecule has 0 spiro atoms. The third-order valence-corrected chi connectivity index (χ3v) is 1.94. The number of nitrogens with zero attached hydrogens (tertiary/aromatic N) is 1. The van der Waals surface area contributed by atoms with E-state index in [2.05, 4.69) is 0 Å². The van der Waals surface area contributed by atoms with Gasteiger partial charge in [-0.15, -0.1) is 0 Å². The van der Waals surface area contributed by atoms with Crippen molar-refractivity contribution in [2.75, 3.05) is 0 Å². The van der Waals surface area contributed by atoms with Gasteiger partial charge >= 0.3 is 0 Å². The van der Waals surface area contributed by atoms with Gasteiger partial charge in [0.15, 0.2) is 0 Å². The molecule has 0 radical (unpaired) electrons. The lowest BCUT2D eigenvalue weighted by Gasteiger charge is -1.97. The molecule has 1 N–H and O–H groups in total. The molecule has 2 heteroatoms. The zero-order valence-electron chi connectivity index (χ0n) is 6.55. The van der Waals surface area contributed by atoms with Gasteiger partial charge in [0.1, 0.15) is 0 Å². The van der Waals surface area contributed by atoms with Gasteiger partial charge in [-0.1, -0.05) is 0 Å². The Morgan fingerprint density at radius 2 is 1.90 bits per heavy atom. The molecule has 0 amide bonds. The number of pyridine rings is 1. The number of aryl methyl sites for hydroxylation is 1. The van der Waals surface area contributed by atoms with Crippen LogP contribution in [0.25, 0.3) is 0 Å². The van der Waals surface area contributed by atoms with E-state index in [0.717, 1.165) is 16.0 Å². The molecule has 0 aliphatic heterocycles. The number of hydrogen-bond acceptors (Lipinski definition) is 1. The van der Waals surface area contributed by atoms with E-state index < -0.39 is 0 Å². The van der Waals surface area contributed by atoms with Crippen LogP contribution in [-0.2, 0) is 0 Å². The first-order valence-corrected chi connectivity index (χ1v) is 3.30. The predicted octanol–water partition coefficient (Wildman–Crippen LogP) is 1.14. The van der Waals surface area contributed by atoms with Crippen LogP contribution >= 0.6 is 0 Å². The summed E-state index contributed by atoms with van der Waals surface area (Å²) in [5.74, 6) is 0. The highest BCUT2D eigenvalue weighted by Crippen LogP contribution is 2.05. The van der Waals surface area contributed by atoms with E-state index in [1.54, 1.807) is 6.20 Å². The molecule has 54 valence electrons. The van der Waals surface area contributed by atoms with Crippen molar-refractivity contribution in [3.05, 3.63) is 29.1 Å². The number of aromatic nitrogens is 1. The van der Waals surface area contributed by atoms with Gasteiger partial charge in [-0.25, -0.2) is 0 Å². The van der Waals surface area contributed by atoms with E-state index in [1.165, 1.54) is 5.56 Å². The first kappa shape index (κ1) is 7.06. The quantitative estimate of drug-likeness (QED) is 0.422. The maximum atomic E-state index is 9.14. The van der Waals surface area contributed by atoms with Gasteiger partial charge in [-0.2, -0.15) is 0 Å². The Morgan fingerprint density at radius 3 is 2.40 bits per heavy atom. The molecule has 0 saturated carbocycles. The van der Waals surface area contributed by atoms with Crippen molar-refractivity contribution in [2.24, 2.45) is 0 Å². The molecule has 1 aromatic rings. The van der Waals surface area contributed by atoms with E-state index in [-0.39, 0.29) is 0 Å². The molecule has 1 heterocycles. The predicted molar refractivity (Wildman–Crippen MR) is 38.0 cm³/mol. The highest BCUT2D eigenvalue weighted by molar-refractivity contribution is 5.22. The average molecular weight is 138 g/mol.